The molecule has 0 aromatic heterocycles. The molecule has 18 nitrogen and oxygen atoms in total. The molecule has 1 aliphatic heterocycles. The van der Waals surface area contributed by atoms with Crippen LogP contribution >= 0.6 is 0 Å². The number of carboxylic acid groups (broad SMARTS) is 1. The van der Waals surface area contributed by atoms with Crippen LogP contribution in [-0.2, 0) is 35.0 Å². The highest BCUT2D eigenvalue weighted by atomic mass is 19.3. The number of nitrogens with two attached hydrogens (primary N) is 1. The Kier molecular flexibility index (Phi) is 17.8. The molecule has 1 heterocycles. The molecule has 20 heteroatoms. The summed E-state index contributed by atoms with van der Waals surface area (Å²) in [5.41, 5.74) is 4.65. The molecular formula is C34H49F2N5O13. The maximum atomic E-state index is 12.8. The lowest BCUT2D eigenvalue weighted by Crippen LogP contribution is -2.68. The fourth-order valence-electron chi connectivity index (χ4n) is 5.73. The zero-order valence-corrected chi connectivity index (χ0v) is 29.5. The average Bonchev–Trinajstić information content (AvgIpc) is 3.15. The van der Waals surface area contributed by atoms with Crippen LogP contribution in [0.25, 0.3) is 0 Å². The monoisotopic (exact) mass is 773 g/mol. The van der Waals surface area contributed by atoms with Crippen LogP contribution in [0.2, 0.25) is 0 Å². The van der Waals surface area contributed by atoms with Crippen LogP contribution in [-0.4, -0.2) is 132 Å². The molecule has 2 aromatic rings. The standard InChI is InChI=1S/C34H49F2N5O13/c35-32(36)20-7-5-19(6-8-20)15-23(45)40-17-22(44)28(47)31-25(41-24(46)18-42)21(43)16-34(54-31,33(50)51)53-12-4-2-1-3-10-38-26-27(30(49)29(26)48)39-11-14-52-13-9-37/h5-8,21-22,25,28,31-32,38-39,42-44,47H,1-4,9-18,37H2,(H,40,45)(H,41,46)(H,50,51)/t21-,22+,25+,28+,31+,34+/m0/s1. The third-order valence-electron chi connectivity index (χ3n) is 8.63. The molecule has 0 unspecified atom stereocenters. The number of rotatable bonds is 25. The molecule has 6 atom stereocenters. The van der Waals surface area contributed by atoms with Crippen LogP contribution in [0.15, 0.2) is 33.9 Å². The lowest BCUT2D eigenvalue weighted by atomic mass is 9.88. The third kappa shape index (κ3) is 12.4. The number of hydrogen-bond donors (Lipinski definition) is 10. The van der Waals surface area contributed by atoms with Crippen LogP contribution in [0, 0.1) is 0 Å². The summed E-state index contributed by atoms with van der Waals surface area (Å²) in [4.78, 5) is 60.8. The Morgan fingerprint density at radius 2 is 1.59 bits per heavy atom. The number of carbonyl (C=O) groups excluding carboxylic acids is 2. The van der Waals surface area contributed by atoms with Crippen molar-refractivity contribution in [1.29, 1.82) is 0 Å². The predicted octanol–water partition coefficient (Wildman–Crippen LogP) is -1.92. The maximum absolute atomic E-state index is 12.8. The highest BCUT2D eigenvalue weighted by Gasteiger charge is 2.55. The van der Waals surface area contributed by atoms with Gasteiger partial charge in [-0.15, -0.1) is 0 Å². The number of amides is 2. The summed E-state index contributed by atoms with van der Waals surface area (Å²) in [6.45, 7) is -0.0657. The number of halogens is 2. The van der Waals surface area contributed by atoms with Crippen molar-refractivity contribution >= 4 is 29.2 Å². The van der Waals surface area contributed by atoms with Gasteiger partial charge in [0, 0.05) is 38.2 Å². The first-order chi connectivity index (χ1) is 25.7. The quantitative estimate of drug-likeness (QED) is 0.0389. The molecule has 302 valence electrons. The first-order valence-corrected chi connectivity index (χ1v) is 17.5. The Balaban J connectivity index is 1.52. The summed E-state index contributed by atoms with van der Waals surface area (Å²) in [5, 5.41) is 62.5. The van der Waals surface area contributed by atoms with E-state index in [9.17, 15) is 58.3 Å². The van der Waals surface area contributed by atoms with E-state index >= 15 is 0 Å². The zero-order valence-electron chi connectivity index (χ0n) is 29.5. The molecule has 2 amide bonds. The molecule has 3 rings (SSSR count). The van der Waals surface area contributed by atoms with Crippen molar-refractivity contribution in [3.05, 3.63) is 55.8 Å². The molecule has 1 saturated heterocycles. The van der Waals surface area contributed by atoms with Crippen molar-refractivity contribution in [1.82, 2.24) is 10.6 Å². The fraction of sp³-hybridized carbons (Fsp3) is 0.618. The van der Waals surface area contributed by atoms with Crippen LogP contribution in [0.1, 0.15) is 49.7 Å². The number of alkyl halides is 2. The van der Waals surface area contributed by atoms with E-state index in [2.05, 4.69) is 21.3 Å². The number of ether oxygens (including phenoxy) is 3. The van der Waals surface area contributed by atoms with Gasteiger partial charge < -0.3 is 66.7 Å². The molecule has 0 aliphatic carbocycles. The molecule has 2 aromatic carbocycles. The van der Waals surface area contributed by atoms with Gasteiger partial charge >= 0.3 is 5.97 Å². The molecule has 11 N–H and O–H groups in total. The molecule has 1 fully saturated rings. The van der Waals surface area contributed by atoms with Crippen molar-refractivity contribution in [2.45, 2.75) is 81.2 Å². The summed E-state index contributed by atoms with van der Waals surface area (Å²) in [6, 6.07) is 3.47. The van der Waals surface area contributed by atoms with Crippen LogP contribution in [0.5, 0.6) is 0 Å². The van der Waals surface area contributed by atoms with E-state index in [-0.39, 0.29) is 30.0 Å². The van der Waals surface area contributed by atoms with Gasteiger partial charge in [0.25, 0.3) is 23.1 Å². The van der Waals surface area contributed by atoms with Crippen molar-refractivity contribution in [3.63, 3.8) is 0 Å². The number of aliphatic hydroxyl groups excluding tert-OH is 4. The second-order valence-corrected chi connectivity index (χ2v) is 12.7. The lowest BCUT2D eigenvalue weighted by molar-refractivity contribution is -0.310. The molecular weight excluding hydrogens is 724 g/mol. The number of anilines is 2. The van der Waals surface area contributed by atoms with Gasteiger partial charge in [0.05, 0.1) is 44.5 Å². The van der Waals surface area contributed by atoms with Crippen LogP contribution in [0.3, 0.4) is 0 Å². The van der Waals surface area contributed by atoms with E-state index in [0.717, 1.165) is 12.1 Å². The van der Waals surface area contributed by atoms with E-state index in [0.29, 0.717) is 64.1 Å². The number of benzene rings is 1. The van der Waals surface area contributed by atoms with Gasteiger partial charge in [0.15, 0.2) is 0 Å². The summed E-state index contributed by atoms with van der Waals surface area (Å²) in [6.07, 6.45) is -8.96. The van der Waals surface area contributed by atoms with Gasteiger partial charge in [-0.2, -0.15) is 0 Å². The number of carbonyl (C=O) groups is 3. The fourth-order valence-corrected chi connectivity index (χ4v) is 5.73. The summed E-state index contributed by atoms with van der Waals surface area (Å²) < 4.78 is 42.2. The van der Waals surface area contributed by atoms with Crippen molar-refractivity contribution < 1.29 is 62.9 Å². The van der Waals surface area contributed by atoms with Crippen LogP contribution in [0.4, 0.5) is 20.2 Å². The Morgan fingerprint density at radius 1 is 0.944 bits per heavy atom. The second-order valence-electron chi connectivity index (χ2n) is 12.7. The zero-order chi connectivity index (χ0) is 39.8. The third-order valence-corrected chi connectivity index (χ3v) is 8.63. The normalized spacial score (nSPS) is 21.1. The Hall–Kier alpha value is -4.15. The average molecular weight is 774 g/mol. The topological polar surface area (TPSA) is 288 Å². The SMILES string of the molecule is NCCOCCNc1c(NCCCCCCO[C@]2(C(=O)O)C[C@H](O)[C@@H](NC(=O)CO)[C@H]([C@H](O)[C@H](O)CNC(=O)Cc3ccc(C(F)F)cc3)O2)c(=O)c1=O. The minimum Gasteiger partial charge on any atom is -0.477 e. The smallest absolute Gasteiger partial charge is 0.364 e. The first kappa shape index (κ1) is 44.2. The van der Waals surface area contributed by atoms with Gasteiger partial charge in [-0.3, -0.25) is 19.2 Å². The highest BCUT2D eigenvalue weighted by Crippen LogP contribution is 2.34. The van der Waals surface area contributed by atoms with Gasteiger partial charge in [-0.25, -0.2) is 13.6 Å². The van der Waals surface area contributed by atoms with Crippen LogP contribution < -0.4 is 37.9 Å². The summed E-state index contributed by atoms with van der Waals surface area (Å²) in [7, 11) is 0. The molecule has 0 radical (unpaired) electrons. The number of aliphatic hydroxyl groups is 4. The minimum absolute atomic E-state index is 0.182. The number of aliphatic carboxylic acids is 1. The van der Waals surface area contributed by atoms with Gasteiger partial charge in [0.1, 0.15) is 30.2 Å². The van der Waals surface area contributed by atoms with Gasteiger partial charge in [-0.1, -0.05) is 37.1 Å². The van der Waals surface area contributed by atoms with Gasteiger partial charge in [0.2, 0.25) is 11.8 Å². The van der Waals surface area contributed by atoms with E-state index in [4.69, 9.17) is 19.9 Å². The van der Waals surface area contributed by atoms with E-state index in [1.165, 1.54) is 12.1 Å². The molecule has 0 bridgehead atoms. The number of carboxylic acids is 1. The highest BCUT2D eigenvalue weighted by molar-refractivity contribution is 5.79. The predicted molar refractivity (Wildman–Crippen MR) is 188 cm³/mol. The molecule has 0 saturated carbocycles. The second kappa shape index (κ2) is 21.7. The maximum Gasteiger partial charge on any atom is 0.364 e. The Bertz CT molecular complexity index is 1580. The Labute approximate surface area is 308 Å². The van der Waals surface area contributed by atoms with E-state index in [1.54, 1.807) is 0 Å². The molecule has 54 heavy (non-hydrogen) atoms. The number of nitrogens with one attached hydrogen (secondary N) is 4. The number of unbranched alkanes of at least 4 members (excludes halogenated alkanes) is 3. The number of hydrogen-bond acceptors (Lipinski definition) is 15. The molecule has 1 aliphatic rings. The van der Waals surface area contributed by atoms with Crippen molar-refractivity contribution in [2.75, 3.05) is 63.2 Å². The van der Waals surface area contributed by atoms with E-state index in [1.807, 2.05) is 0 Å². The Morgan fingerprint density at radius 3 is 2.20 bits per heavy atom. The van der Waals surface area contributed by atoms with Crippen molar-refractivity contribution in [2.24, 2.45) is 5.73 Å². The first-order valence-electron chi connectivity index (χ1n) is 17.5. The van der Waals surface area contributed by atoms with E-state index < -0.39 is 90.9 Å². The lowest BCUT2D eigenvalue weighted by Gasteiger charge is -2.46. The van der Waals surface area contributed by atoms with Crippen molar-refractivity contribution in [3.8, 4) is 0 Å². The summed E-state index contributed by atoms with van der Waals surface area (Å²) in [5.74, 6) is -5.84. The minimum atomic E-state index is -2.68. The van der Waals surface area contributed by atoms with Gasteiger partial charge in [-0.05, 0) is 18.4 Å². The summed E-state index contributed by atoms with van der Waals surface area (Å²) >= 11 is 0. The molecule has 0 spiro atoms. The largest absolute Gasteiger partial charge is 0.477 e.